The molecule has 2 aromatic carbocycles. The van der Waals surface area contributed by atoms with E-state index in [0.717, 1.165) is 31.0 Å². The van der Waals surface area contributed by atoms with Gasteiger partial charge in [0.15, 0.2) is 5.60 Å². The minimum absolute atomic E-state index is 0. The normalized spacial score (nSPS) is 22.9. The molecule has 2 atom stereocenters. The molecular weight excluding hydrogens is 467 g/mol. The smallest absolute Gasteiger partial charge is 1.00 e. The molecule has 2 aliphatic heterocycles. The number of rotatable bonds is 5. The third kappa shape index (κ3) is 5.79. The summed E-state index contributed by atoms with van der Waals surface area (Å²) in [6.45, 7) is 4.30. The molecule has 5 nitrogen and oxygen atoms in total. The van der Waals surface area contributed by atoms with E-state index >= 15 is 4.39 Å². The van der Waals surface area contributed by atoms with E-state index in [1.807, 2.05) is 0 Å². The number of hydrogen-bond acceptors (Lipinski definition) is 4. The van der Waals surface area contributed by atoms with Crippen molar-refractivity contribution in [3.63, 3.8) is 0 Å². The van der Waals surface area contributed by atoms with E-state index in [9.17, 15) is 18.4 Å². The van der Waals surface area contributed by atoms with Gasteiger partial charge in [-0.15, -0.1) is 0 Å². The average Bonchev–Trinajstić information content (AvgIpc) is 2.67. The third-order valence-corrected chi connectivity index (χ3v) is 6.72. The summed E-state index contributed by atoms with van der Waals surface area (Å²) in [6.07, 6.45) is 1.64. The van der Waals surface area contributed by atoms with Crippen molar-refractivity contribution in [3.8, 4) is 11.1 Å². The summed E-state index contributed by atoms with van der Waals surface area (Å²) in [4.78, 5) is 26.6. The number of ether oxygens (including phenoxy) is 1. The Morgan fingerprint density at radius 1 is 1.11 bits per heavy atom. The summed E-state index contributed by atoms with van der Waals surface area (Å²) >= 11 is 0. The van der Waals surface area contributed by atoms with Crippen LogP contribution in [0.15, 0.2) is 36.4 Å². The molecule has 5 rings (SSSR count). The van der Waals surface area contributed by atoms with Crippen molar-refractivity contribution in [2.75, 3.05) is 0 Å². The molecule has 10 heteroatoms. The summed E-state index contributed by atoms with van der Waals surface area (Å²) in [7, 11) is 0. The van der Waals surface area contributed by atoms with E-state index in [-0.39, 0.29) is 79.4 Å². The van der Waals surface area contributed by atoms with Crippen LogP contribution in [0.1, 0.15) is 39.2 Å². The zero-order chi connectivity index (χ0) is 24.1. The van der Waals surface area contributed by atoms with Crippen LogP contribution < -0.4 is 35.3 Å². The fraction of sp³-hybridized carbons (Fsp3) is 0.440. The van der Waals surface area contributed by atoms with Gasteiger partial charge in [0.25, 0.3) is 5.91 Å². The molecule has 4 radical (unpaired) electrons. The molecule has 2 saturated heterocycles. The SMILES string of the molecule is CC(=O)OC(C)(C)C(=O)N1C2CC(C2)[C@H](N)[C@@H]1Cc1cccc(-c2cc(F)cc(F)c2)c1F.[B-].[Na+]. The van der Waals surface area contributed by atoms with Crippen LogP contribution in [-0.4, -0.2) is 48.9 Å². The van der Waals surface area contributed by atoms with Crippen molar-refractivity contribution >= 4 is 20.3 Å². The second-order valence-corrected chi connectivity index (χ2v) is 9.49. The first kappa shape index (κ1) is 29.4. The molecule has 1 saturated carbocycles. The van der Waals surface area contributed by atoms with Crippen molar-refractivity contribution < 1.29 is 57.1 Å². The second kappa shape index (κ2) is 11.1. The van der Waals surface area contributed by atoms with E-state index in [2.05, 4.69) is 0 Å². The molecule has 2 bridgehead atoms. The Morgan fingerprint density at radius 2 is 1.71 bits per heavy atom. The fourth-order valence-corrected chi connectivity index (χ4v) is 5.10. The summed E-state index contributed by atoms with van der Waals surface area (Å²) in [5.41, 5.74) is 5.56. The average molecular weight is 494 g/mol. The molecule has 0 aromatic heterocycles. The van der Waals surface area contributed by atoms with Gasteiger partial charge in [-0.25, -0.2) is 13.2 Å². The number of hydrogen-bond donors (Lipinski definition) is 1. The molecule has 2 N–H and O–H groups in total. The Balaban J connectivity index is 0.00000216. The molecule has 180 valence electrons. The topological polar surface area (TPSA) is 72.6 Å². The van der Waals surface area contributed by atoms with E-state index in [1.165, 1.54) is 26.8 Å². The Hall–Kier alpha value is -1.81. The first-order chi connectivity index (χ1) is 15.5. The number of carbonyl (C=O) groups is 2. The van der Waals surface area contributed by atoms with Crippen LogP contribution >= 0.6 is 0 Å². The number of nitrogens with zero attached hydrogens (tertiary/aromatic N) is 1. The molecule has 1 amide bonds. The largest absolute Gasteiger partial charge is 1.00 e. The number of carbonyl (C=O) groups excluding carboxylic acids is 2. The first-order valence-corrected chi connectivity index (χ1v) is 11.0. The summed E-state index contributed by atoms with van der Waals surface area (Å²) < 4.78 is 48.1. The van der Waals surface area contributed by atoms with Crippen LogP contribution in [0.25, 0.3) is 11.1 Å². The fourth-order valence-electron chi connectivity index (χ4n) is 5.10. The van der Waals surface area contributed by atoms with Crippen molar-refractivity contribution in [2.24, 2.45) is 11.7 Å². The van der Waals surface area contributed by atoms with E-state index < -0.39 is 35.1 Å². The molecular formula is C25H27BF3N2NaO3. The Labute approximate surface area is 227 Å². The van der Waals surface area contributed by atoms with Gasteiger partial charge in [-0.3, -0.25) is 9.59 Å². The van der Waals surface area contributed by atoms with Gasteiger partial charge >= 0.3 is 35.5 Å². The number of nitrogens with two attached hydrogens (primary N) is 1. The molecule has 1 aliphatic carbocycles. The maximum absolute atomic E-state index is 15.5. The van der Waals surface area contributed by atoms with Crippen LogP contribution in [0, 0.1) is 23.4 Å². The Bertz CT molecular complexity index is 1090. The van der Waals surface area contributed by atoms with Crippen LogP contribution in [0.3, 0.4) is 0 Å². The quantitative estimate of drug-likeness (QED) is 0.488. The minimum Gasteiger partial charge on any atom is -1.00 e. The maximum atomic E-state index is 15.5. The summed E-state index contributed by atoms with van der Waals surface area (Å²) in [6, 6.07) is 6.60. The number of fused-ring (bicyclic) bond motifs is 2. The molecule has 35 heavy (non-hydrogen) atoms. The number of benzene rings is 2. The predicted molar refractivity (Wildman–Crippen MR) is 122 cm³/mol. The first-order valence-electron chi connectivity index (χ1n) is 11.0. The number of amides is 1. The molecule has 3 aliphatic rings. The second-order valence-electron chi connectivity index (χ2n) is 9.49. The van der Waals surface area contributed by atoms with Crippen molar-refractivity contribution in [3.05, 3.63) is 59.4 Å². The van der Waals surface area contributed by atoms with Gasteiger partial charge in [-0.2, -0.15) is 0 Å². The van der Waals surface area contributed by atoms with Crippen LogP contribution in [0.5, 0.6) is 0 Å². The van der Waals surface area contributed by atoms with Crippen LogP contribution in [-0.2, 0) is 20.7 Å². The van der Waals surface area contributed by atoms with E-state index in [0.29, 0.717) is 5.56 Å². The summed E-state index contributed by atoms with van der Waals surface area (Å²) in [5.74, 6) is -2.92. The molecule has 2 heterocycles. The minimum atomic E-state index is -1.38. The van der Waals surface area contributed by atoms with Gasteiger partial charge in [0.1, 0.15) is 17.5 Å². The van der Waals surface area contributed by atoms with Crippen molar-refractivity contribution in [1.82, 2.24) is 4.90 Å². The van der Waals surface area contributed by atoms with Gasteiger partial charge < -0.3 is 23.8 Å². The zero-order valence-electron chi connectivity index (χ0n) is 20.4. The van der Waals surface area contributed by atoms with Gasteiger partial charge in [0.05, 0.1) is 6.04 Å². The van der Waals surface area contributed by atoms with E-state index in [1.54, 1.807) is 17.0 Å². The van der Waals surface area contributed by atoms with Gasteiger partial charge in [0.2, 0.25) is 0 Å². The maximum Gasteiger partial charge on any atom is 1.00 e. The molecule has 2 aromatic rings. The monoisotopic (exact) mass is 494 g/mol. The zero-order valence-corrected chi connectivity index (χ0v) is 22.4. The number of piperidine rings is 2. The van der Waals surface area contributed by atoms with E-state index in [4.69, 9.17) is 10.5 Å². The predicted octanol–water partition coefficient (Wildman–Crippen LogP) is 0.595. The Kier molecular flexibility index (Phi) is 9.31. The Morgan fingerprint density at radius 3 is 2.29 bits per heavy atom. The van der Waals surface area contributed by atoms with Crippen molar-refractivity contribution in [1.29, 1.82) is 0 Å². The molecule has 3 fully saturated rings. The van der Waals surface area contributed by atoms with Gasteiger partial charge in [-0.1, -0.05) is 18.2 Å². The third-order valence-electron chi connectivity index (χ3n) is 6.72. The number of halogens is 3. The van der Waals surface area contributed by atoms with Gasteiger partial charge in [-0.05, 0) is 62.3 Å². The van der Waals surface area contributed by atoms with Crippen LogP contribution in [0.2, 0.25) is 0 Å². The summed E-state index contributed by atoms with van der Waals surface area (Å²) in [5, 5.41) is 0. The standard InChI is InChI=1S/C25H27F3N2O3.B.Na/c1-13(31)33-25(2,3)24(32)30-19-9-16(10-19)23(29)21(30)11-14-5-4-6-20(22(14)28)15-7-17(26)12-18(27)8-15;;/h4-8,12,16,19,21,23H,9-11,29H2,1-3H3;;/q;-1;+1/t16?,19?,21-,23-;;/m0../s1. The number of esters is 1. The molecule has 0 unspecified atom stereocenters. The van der Waals surface area contributed by atoms with Gasteiger partial charge in [0, 0.05) is 30.6 Å². The van der Waals surface area contributed by atoms with Crippen LogP contribution in [0.4, 0.5) is 13.2 Å². The molecule has 0 spiro atoms. The van der Waals surface area contributed by atoms with Crippen molar-refractivity contribution in [2.45, 2.75) is 63.8 Å².